The molecule has 0 amide bonds. The van der Waals surface area contributed by atoms with Crippen LogP contribution in [0.2, 0.25) is 0 Å². The molecule has 1 fully saturated rings. The lowest BCUT2D eigenvalue weighted by Crippen LogP contribution is -2.11. The summed E-state index contributed by atoms with van der Waals surface area (Å²) in [6.07, 6.45) is 2.78. The predicted octanol–water partition coefficient (Wildman–Crippen LogP) is 2.08. The van der Waals surface area contributed by atoms with Gasteiger partial charge in [-0.15, -0.1) is 0 Å². The standard InChI is InChI=1S/C12H11BrN2O4S/c13-11-2-1-10(19-11)12-8(6-16)5-15(14-12)9-3-4-20(17,18)7-9/h1-2,5-6,9H,3-4,7H2. The first kappa shape index (κ1) is 13.6. The van der Waals surface area contributed by atoms with Gasteiger partial charge >= 0.3 is 0 Å². The monoisotopic (exact) mass is 358 g/mol. The molecule has 6 nitrogen and oxygen atoms in total. The van der Waals surface area contributed by atoms with Gasteiger partial charge in [0.2, 0.25) is 0 Å². The van der Waals surface area contributed by atoms with Crippen LogP contribution in [0.15, 0.2) is 27.4 Å². The summed E-state index contributed by atoms with van der Waals surface area (Å²) >= 11 is 3.19. The molecule has 3 rings (SSSR count). The van der Waals surface area contributed by atoms with Gasteiger partial charge in [-0.2, -0.15) is 5.10 Å². The molecule has 2 aromatic rings. The Labute approximate surface area is 123 Å². The molecule has 0 aliphatic carbocycles. The van der Waals surface area contributed by atoms with Gasteiger partial charge in [0.15, 0.2) is 26.6 Å². The van der Waals surface area contributed by atoms with Crippen LogP contribution in [0.5, 0.6) is 0 Å². The normalized spacial score (nSPS) is 21.1. The third-order valence-electron chi connectivity index (χ3n) is 3.28. The molecule has 1 aliphatic heterocycles. The summed E-state index contributed by atoms with van der Waals surface area (Å²) in [4.78, 5) is 11.1. The van der Waals surface area contributed by atoms with Gasteiger partial charge < -0.3 is 4.42 Å². The number of halogens is 1. The number of carbonyl (C=O) groups excluding carboxylic acids is 1. The third-order valence-corrected chi connectivity index (χ3v) is 5.45. The lowest BCUT2D eigenvalue weighted by atomic mass is 10.2. The molecule has 3 heterocycles. The summed E-state index contributed by atoms with van der Waals surface area (Å²) in [5.41, 5.74) is 0.811. The molecule has 1 aliphatic rings. The molecule has 0 aromatic carbocycles. The van der Waals surface area contributed by atoms with E-state index in [0.29, 0.717) is 34.4 Å². The van der Waals surface area contributed by atoms with Crippen LogP contribution < -0.4 is 0 Å². The Morgan fingerprint density at radius 1 is 1.45 bits per heavy atom. The molecule has 1 unspecified atom stereocenters. The van der Waals surface area contributed by atoms with Gasteiger partial charge in [-0.1, -0.05) is 0 Å². The van der Waals surface area contributed by atoms with Crippen LogP contribution in [0.1, 0.15) is 22.8 Å². The minimum Gasteiger partial charge on any atom is -0.448 e. The minimum absolute atomic E-state index is 0.0638. The fourth-order valence-corrected chi connectivity index (χ4v) is 4.31. The van der Waals surface area contributed by atoms with E-state index in [1.54, 1.807) is 23.0 Å². The molecule has 2 aromatic heterocycles. The van der Waals surface area contributed by atoms with E-state index in [1.807, 2.05) is 0 Å². The zero-order valence-electron chi connectivity index (χ0n) is 10.3. The van der Waals surface area contributed by atoms with E-state index in [4.69, 9.17) is 4.42 Å². The van der Waals surface area contributed by atoms with Crippen LogP contribution in [-0.2, 0) is 9.84 Å². The van der Waals surface area contributed by atoms with E-state index in [2.05, 4.69) is 21.0 Å². The highest BCUT2D eigenvalue weighted by atomic mass is 79.9. The zero-order chi connectivity index (χ0) is 14.3. The number of nitrogens with zero attached hydrogens (tertiary/aromatic N) is 2. The molecular weight excluding hydrogens is 348 g/mol. The van der Waals surface area contributed by atoms with Gasteiger partial charge in [-0.3, -0.25) is 9.48 Å². The van der Waals surface area contributed by atoms with Crippen molar-refractivity contribution in [3.05, 3.63) is 28.6 Å². The smallest absolute Gasteiger partial charge is 0.169 e. The summed E-state index contributed by atoms with van der Waals surface area (Å²) in [6.45, 7) is 0. The maximum absolute atomic E-state index is 11.5. The van der Waals surface area contributed by atoms with E-state index in [-0.39, 0.29) is 17.5 Å². The molecule has 106 valence electrons. The fourth-order valence-electron chi connectivity index (χ4n) is 2.30. The molecular formula is C12H11BrN2O4S. The predicted molar refractivity (Wildman–Crippen MR) is 75.3 cm³/mol. The molecule has 20 heavy (non-hydrogen) atoms. The Morgan fingerprint density at radius 2 is 2.25 bits per heavy atom. The average molecular weight is 359 g/mol. The van der Waals surface area contributed by atoms with Crippen LogP contribution >= 0.6 is 15.9 Å². The largest absolute Gasteiger partial charge is 0.448 e. The SMILES string of the molecule is O=Cc1cn(C2CCS(=O)(=O)C2)nc1-c1ccc(Br)o1. The highest BCUT2D eigenvalue weighted by molar-refractivity contribution is 9.10. The Morgan fingerprint density at radius 3 is 2.80 bits per heavy atom. The van der Waals surface area contributed by atoms with Gasteiger partial charge in [0, 0.05) is 6.20 Å². The van der Waals surface area contributed by atoms with Crippen LogP contribution in [-0.4, -0.2) is 36.0 Å². The van der Waals surface area contributed by atoms with Crippen molar-refractivity contribution in [3.63, 3.8) is 0 Å². The van der Waals surface area contributed by atoms with Crippen molar-refractivity contribution in [1.29, 1.82) is 0 Å². The van der Waals surface area contributed by atoms with Crippen molar-refractivity contribution < 1.29 is 17.6 Å². The summed E-state index contributed by atoms with van der Waals surface area (Å²) in [5.74, 6) is 0.697. The van der Waals surface area contributed by atoms with Gasteiger partial charge in [0.1, 0.15) is 5.69 Å². The minimum atomic E-state index is -2.99. The number of furan rings is 1. The zero-order valence-corrected chi connectivity index (χ0v) is 12.7. The first-order chi connectivity index (χ1) is 9.48. The van der Waals surface area contributed by atoms with Crippen molar-refractivity contribution in [2.24, 2.45) is 0 Å². The van der Waals surface area contributed by atoms with E-state index in [9.17, 15) is 13.2 Å². The number of carbonyl (C=O) groups is 1. The summed E-state index contributed by atoms with van der Waals surface area (Å²) in [5, 5.41) is 4.32. The van der Waals surface area contributed by atoms with E-state index >= 15 is 0 Å². The molecule has 1 atom stereocenters. The molecule has 0 spiro atoms. The van der Waals surface area contributed by atoms with E-state index < -0.39 is 9.84 Å². The lowest BCUT2D eigenvalue weighted by molar-refractivity contribution is 0.112. The molecule has 1 saturated heterocycles. The number of aromatic nitrogens is 2. The molecule has 0 bridgehead atoms. The maximum atomic E-state index is 11.5. The molecule has 8 heteroatoms. The topological polar surface area (TPSA) is 82.2 Å². The van der Waals surface area contributed by atoms with Gasteiger partial charge in [-0.25, -0.2) is 8.42 Å². The Hall–Kier alpha value is -1.41. The summed E-state index contributed by atoms with van der Waals surface area (Å²) < 4.78 is 30.5. The van der Waals surface area contributed by atoms with E-state index in [0.717, 1.165) is 0 Å². The van der Waals surface area contributed by atoms with Crippen LogP contribution in [0.25, 0.3) is 11.5 Å². The van der Waals surface area contributed by atoms with Gasteiger partial charge in [-0.05, 0) is 34.5 Å². The van der Waals surface area contributed by atoms with Gasteiger partial charge in [0.25, 0.3) is 0 Å². The first-order valence-electron chi connectivity index (χ1n) is 5.99. The van der Waals surface area contributed by atoms with Crippen LogP contribution in [0.3, 0.4) is 0 Å². The number of aldehydes is 1. The number of sulfone groups is 1. The number of hydrogen-bond acceptors (Lipinski definition) is 5. The van der Waals surface area contributed by atoms with Gasteiger partial charge in [0.05, 0.1) is 23.1 Å². The maximum Gasteiger partial charge on any atom is 0.169 e. The highest BCUT2D eigenvalue weighted by Crippen LogP contribution is 2.29. The van der Waals surface area contributed by atoms with Crippen molar-refractivity contribution in [1.82, 2.24) is 9.78 Å². The van der Waals surface area contributed by atoms with Crippen molar-refractivity contribution >= 4 is 32.1 Å². The summed E-state index contributed by atoms with van der Waals surface area (Å²) in [7, 11) is -2.99. The third kappa shape index (κ3) is 2.45. The molecule has 0 radical (unpaired) electrons. The summed E-state index contributed by atoms with van der Waals surface area (Å²) in [6, 6.07) is 3.20. The number of rotatable bonds is 3. The lowest BCUT2D eigenvalue weighted by Gasteiger charge is -2.07. The molecule has 0 saturated carbocycles. The Bertz CT molecular complexity index is 762. The second kappa shape index (κ2) is 4.85. The highest BCUT2D eigenvalue weighted by Gasteiger charge is 2.30. The van der Waals surface area contributed by atoms with Crippen molar-refractivity contribution in [2.45, 2.75) is 12.5 Å². The van der Waals surface area contributed by atoms with Crippen molar-refractivity contribution in [3.8, 4) is 11.5 Å². The molecule has 0 N–H and O–H groups in total. The average Bonchev–Trinajstić information content (AvgIpc) is 3.06. The van der Waals surface area contributed by atoms with E-state index in [1.165, 1.54) is 0 Å². The number of hydrogen-bond donors (Lipinski definition) is 0. The van der Waals surface area contributed by atoms with Crippen LogP contribution in [0, 0.1) is 0 Å². The Balaban J connectivity index is 1.99. The van der Waals surface area contributed by atoms with Crippen molar-refractivity contribution in [2.75, 3.05) is 11.5 Å². The fraction of sp³-hybridized carbons (Fsp3) is 0.333. The second-order valence-electron chi connectivity index (χ2n) is 4.69. The Kier molecular flexibility index (Phi) is 3.29. The first-order valence-corrected chi connectivity index (χ1v) is 8.60. The second-order valence-corrected chi connectivity index (χ2v) is 7.70. The quantitative estimate of drug-likeness (QED) is 0.784. The van der Waals surface area contributed by atoms with Crippen LogP contribution in [0.4, 0.5) is 0 Å².